The Labute approximate surface area is 111 Å². The monoisotopic (exact) mass is 256 g/mol. The fraction of sp³-hybridized carbons (Fsp3) is 0.333. The van der Waals surface area contributed by atoms with Gasteiger partial charge in [0, 0.05) is 11.9 Å². The number of fused-ring (bicyclic) bond motifs is 1. The molecule has 1 unspecified atom stereocenters. The third-order valence-electron chi connectivity index (χ3n) is 3.96. The summed E-state index contributed by atoms with van der Waals surface area (Å²) in [5.41, 5.74) is 0.0646. The number of benzene rings is 1. The number of carboxylic acid groups (broad SMARTS) is 1. The average Bonchev–Trinajstić information content (AvgIpc) is 2.82. The van der Waals surface area contributed by atoms with E-state index in [1.807, 2.05) is 41.3 Å². The molecule has 1 aromatic heterocycles. The standard InChI is InChI=1S/C15H16N2O2/c1-15(14(18)19)9-4-10-17(15)13-8-7-11-5-2-3-6-12(11)16-13/h2-3,5-8H,4,9-10H2,1H3,(H,18,19). The number of aromatic nitrogens is 1. The van der Waals surface area contributed by atoms with Crippen molar-refractivity contribution in [2.75, 3.05) is 11.4 Å². The highest BCUT2D eigenvalue weighted by atomic mass is 16.4. The maximum atomic E-state index is 11.5. The van der Waals surface area contributed by atoms with E-state index in [2.05, 4.69) is 4.98 Å². The molecule has 2 aromatic rings. The van der Waals surface area contributed by atoms with Gasteiger partial charge in [0.1, 0.15) is 11.4 Å². The van der Waals surface area contributed by atoms with Crippen LogP contribution in [0.15, 0.2) is 36.4 Å². The maximum absolute atomic E-state index is 11.5. The molecular weight excluding hydrogens is 240 g/mol. The Balaban J connectivity index is 2.06. The van der Waals surface area contributed by atoms with Crippen LogP contribution in [0.1, 0.15) is 19.8 Å². The molecule has 1 fully saturated rings. The van der Waals surface area contributed by atoms with Crippen LogP contribution >= 0.6 is 0 Å². The van der Waals surface area contributed by atoms with Crippen LogP contribution in [0.25, 0.3) is 10.9 Å². The van der Waals surface area contributed by atoms with Gasteiger partial charge in [-0.3, -0.25) is 0 Å². The minimum Gasteiger partial charge on any atom is -0.480 e. The van der Waals surface area contributed by atoms with Gasteiger partial charge in [-0.2, -0.15) is 0 Å². The Morgan fingerprint density at radius 1 is 1.32 bits per heavy atom. The largest absolute Gasteiger partial charge is 0.480 e. The van der Waals surface area contributed by atoms with Gasteiger partial charge in [0.15, 0.2) is 0 Å². The smallest absolute Gasteiger partial charge is 0.329 e. The fourth-order valence-electron chi connectivity index (χ4n) is 2.76. The van der Waals surface area contributed by atoms with Crippen molar-refractivity contribution in [3.05, 3.63) is 36.4 Å². The van der Waals surface area contributed by atoms with Crippen LogP contribution in [-0.2, 0) is 4.79 Å². The van der Waals surface area contributed by atoms with Gasteiger partial charge in [0.25, 0.3) is 0 Å². The van der Waals surface area contributed by atoms with E-state index in [4.69, 9.17) is 0 Å². The maximum Gasteiger partial charge on any atom is 0.329 e. The van der Waals surface area contributed by atoms with Crippen LogP contribution in [0.4, 0.5) is 5.82 Å². The quantitative estimate of drug-likeness (QED) is 0.897. The van der Waals surface area contributed by atoms with Crippen LogP contribution in [0.5, 0.6) is 0 Å². The van der Waals surface area contributed by atoms with Crippen LogP contribution in [0.2, 0.25) is 0 Å². The van der Waals surface area contributed by atoms with Crippen LogP contribution in [-0.4, -0.2) is 28.1 Å². The number of carboxylic acids is 1. The van der Waals surface area contributed by atoms with Crippen molar-refractivity contribution in [2.24, 2.45) is 0 Å². The van der Waals surface area contributed by atoms with Crippen LogP contribution in [0, 0.1) is 0 Å². The summed E-state index contributed by atoms with van der Waals surface area (Å²) in [6, 6.07) is 11.8. The average molecular weight is 256 g/mol. The molecule has 98 valence electrons. The van der Waals surface area contributed by atoms with E-state index >= 15 is 0 Å². The highest BCUT2D eigenvalue weighted by molar-refractivity contribution is 5.85. The van der Waals surface area contributed by atoms with Gasteiger partial charge in [-0.25, -0.2) is 9.78 Å². The third-order valence-corrected chi connectivity index (χ3v) is 3.96. The molecule has 0 bridgehead atoms. The molecule has 1 saturated heterocycles. The third kappa shape index (κ3) is 1.84. The van der Waals surface area contributed by atoms with E-state index in [-0.39, 0.29) is 0 Å². The van der Waals surface area contributed by atoms with E-state index < -0.39 is 11.5 Å². The number of hydrogen-bond donors (Lipinski definition) is 1. The molecule has 3 rings (SSSR count). The van der Waals surface area contributed by atoms with Crippen molar-refractivity contribution >= 4 is 22.7 Å². The van der Waals surface area contributed by atoms with E-state index in [1.54, 1.807) is 6.92 Å². The van der Waals surface area contributed by atoms with E-state index in [0.29, 0.717) is 6.42 Å². The summed E-state index contributed by atoms with van der Waals surface area (Å²) in [6.45, 7) is 2.52. The van der Waals surface area contributed by atoms with Crippen molar-refractivity contribution in [1.82, 2.24) is 4.98 Å². The van der Waals surface area contributed by atoms with Gasteiger partial charge in [-0.1, -0.05) is 18.2 Å². The summed E-state index contributed by atoms with van der Waals surface area (Å²) in [7, 11) is 0. The summed E-state index contributed by atoms with van der Waals surface area (Å²) < 4.78 is 0. The summed E-state index contributed by atoms with van der Waals surface area (Å²) in [6.07, 6.45) is 1.55. The number of aliphatic carboxylic acids is 1. The summed E-state index contributed by atoms with van der Waals surface area (Å²) in [4.78, 5) is 18.0. The number of rotatable bonds is 2. The molecule has 19 heavy (non-hydrogen) atoms. The molecule has 4 nitrogen and oxygen atoms in total. The Bertz CT molecular complexity index is 641. The van der Waals surface area contributed by atoms with Crippen molar-refractivity contribution in [1.29, 1.82) is 0 Å². The Kier molecular flexibility index (Phi) is 2.66. The minimum absolute atomic E-state index is 0.664. The van der Waals surface area contributed by atoms with Crippen molar-refractivity contribution in [3.63, 3.8) is 0 Å². The zero-order chi connectivity index (χ0) is 13.5. The summed E-state index contributed by atoms with van der Waals surface area (Å²) in [5.74, 6) is -0.0268. The Morgan fingerprint density at radius 3 is 2.89 bits per heavy atom. The van der Waals surface area contributed by atoms with Gasteiger partial charge in [-0.15, -0.1) is 0 Å². The molecule has 0 amide bonds. The normalized spacial score (nSPS) is 22.9. The Morgan fingerprint density at radius 2 is 2.11 bits per heavy atom. The lowest BCUT2D eigenvalue weighted by Crippen LogP contribution is -2.48. The second kappa shape index (κ2) is 4.23. The predicted octanol–water partition coefficient (Wildman–Crippen LogP) is 2.68. The van der Waals surface area contributed by atoms with Gasteiger partial charge < -0.3 is 10.0 Å². The molecular formula is C15H16N2O2. The number of pyridine rings is 1. The molecule has 1 N–H and O–H groups in total. The second-order valence-corrected chi connectivity index (χ2v) is 5.20. The molecule has 0 saturated carbocycles. The first-order valence-electron chi connectivity index (χ1n) is 6.48. The van der Waals surface area contributed by atoms with E-state index in [0.717, 1.165) is 29.7 Å². The van der Waals surface area contributed by atoms with Crippen LogP contribution < -0.4 is 4.90 Å². The molecule has 1 atom stereocenters. The van der Waals surface area contributed by atoms with Gasteiger partial charge >= 0.3 is 5.97 Å². The number of anilines is 1. The topological polar surface area (TPSA) is 53.4 Å². The predicted molar refractivity (Wildman–Crippen MR) is 74.4 cm³/mol. The SMILES string of the molecule is CC1(C(=O)O)CCCN1c1ccc2ccccc2n1. The van der Waals surface area contributed by atoms with Gasteiger partial charge in [-0.05, 0) is 38.0 Å². The molecule has 0 radical (unpaired) electrons. The first kappa shape index (κ1) is 12.0. The number of para-hydroxylation sites is 1. The van der Waals surface area contributed by atoms with E-state index in [9.17, 15) is 9.90 Å². The van der Waals surface area contributed by atoms with Crippen molar-refractivity contribution < 1.29 is 9.90 Å². The van der Waals surface area contributed by atoms with Gasteiger partial charge in [0.2, 0.25) is 0 Å². The highest BCUT2D eigenvalue weighted by Crippen LogP contribution is 2.33. The number of hydrogen-bond acceptors (Lipinski definition) is 3. The highest BCUT2D eigenvalue weighted by Gasteiger charge is 2.44. The fourth-order valence-corrected chi connectivity index (χ4v) is 2.76. The second-order valence-electron chi connectivity index (χ2n) is 5.20. The molecule has 0 aliphatic carbocycles. The number of carbonyl (C=O) groups is 1. The lowest BCUT2D eigenvalue weighted by molar-refractivity contribution is -0.142. The van der Waals surface area contributed by atoms with Gasteiger partial charge in [0.05, 0.1) is 5.52 Å². The first-order chi connectivity index (χ1) is 9.11. The number of nitrogens with zero attached hydrogens (tertiary/aromatic N) is 2. The lowest BCUT2D eigenvalue weighted by Gasteiger charge is -2.32. The molecule has 1 aliphatic rings. The Hall–Kier alpha value is -2.10. The zero-order valence-corrected chi connectivity index (χ0v) is 10.8. The van der Waals surface area contributed by atoms with E-state index in [1.165, 1.54) is 0 Å². The van der Waals surface area contributed by atoms with Crippen molar-refractivity contribution in [2.45, 2.75) is 25.3 Å². The van der Waals surface area contributed by atoms with Crippen molar-refractivity contribution in [3.8, 4) is 0 Å². The molecule has 0 spiro atoms. The summed E-state index contributed by atoms with van der Waals surface area (Å²) in [5, 5.41) is 10.5. The molecule has 2 heterocycles. The lowest BCUT2D eigenvalue weighted by atomic mass is 9.99. The zero-order valence-electron chi connectivity index (χ0n) is 10.8. The minimum atomic E-state index is -0.838. The molecule has 4 heteroatoms. The first-order valence-corrected chi connectivity index (χ1v) is 6.48. The molecule has 1 aliphatic heterocycles. The molecule has 1 aromatic carbocycles. The van der Waals surface area contributed by atoms with Crippen LogP contribution in [0.3, 0.4) is 0 Å². The summed E-state index contributed by atoms with van der Waals surface area (Å²) >= 11 is 0.